The number of carbonyl (C=O) groups is 1. The fourth-order valence-corrected chi connectivity index (χ4v) is 1.27. The largest absolute Gasteiger partial charge is 0.487 e. The molecule has 1 aromatic rings. The van der Waals surface area contributed by atoms with Crippen molar-refractivity contribution < 1.29 is 14.3 Å². The zero-order chi connectivity index (χ0) is 13.4. The van der Waals surface area contributed by atoms with Crippen molar-refractivity contribution in [3.8, 4) is 5.75 Å². The van der Waals surface area contributed by atoms with E-state index >= 15 is 0 Å². The summed E-state index contributed by atoms with van der Waals surface area (Å²) >= 11 is 4.70. The third-order valence-electron chi connectivity index (χ3n) is 2.05. The molecule has 5 nitrogen and oxygen atoms in total. The lowest BCUT2D eigenvalue weighted by atomic mass is 10.3. The number of benzene rings is 1. The second-order valence-electron chi connectivity index (χ2n) is 3.57. The Hall–Kier alpha value is -1.66. The fraction of sp³-hybridized carbons (Fsp3) is 0.333. The monoisotopic (exact) mass is 268 g/mol. The third-order valence-corrected chi connectivity index (χ3v) is 2.17. The molecule has 0 saturated heterocycles. The normalized spacial score (nSPS) is 9.83. The van der Waals surface area contributed by atoms with Crippen LogP contribution in [0.1, 0.15) is 6.42 Å². The van der Waals surface area contributed by atoms with Crippen LogP contribution in [0.4, 0.5) is 5.69 Å². The lowest BCUT2D eigenvalue weighted by Crippen LogP contribution is -2.17. The minimum atomic E-state index is -0.0892. The predicted octanol–water partition coefficient (Wildman–Crippen LogP) is 1.33. The molecule has 0 spiro atoms. The Bertz CT molecular complexity index is 406. The van der Waals surface area contributed by atoms with Gasteiger partial charge in [0.15, 0.2) is 0 Å². The summed E-state index contributed by atoms with van der Waals surface area (Å²) in [7, 11) is 1.56. The SMILES string of the molecule is COCCC(=O)Nc1ccc(OCC(N)=S)cc1. The van der Waals surface area contributed by atoms with Crippen molar-refractivity contribution in [1.29, 1.82) is 0 Å². The molecule has 18 heavy (non-hydrogen) atoms. The first-order valence-corrected chi connectivity index (χ1v) is 5.82. The Labute approximate surface area is 111 Å². The lowest BCUT2D eigenvalue weighted by molar-refractivity contribution is -0.117. The highest BCUT2D eigenvalue weighted by molar-refractivity contribution is 7.80. The molecule has 0 unspecified atom stereocenters. The molecule has 0 aliphatic carbocycles. The summed E-state index contributed by atoms with van der Waals surface area (Å²) in [6.45, 7) is 0.607. The second kappa shape index (κ2) is 7.62. The van der Waals surface area contributed by atoms with Gasteiger partial charge in [-0.1, -0.05) is 12.2 Å². The van der Waals surface area contributed by atoms with Gasteiger partial charge >= 0.3 is 0 Å². The molecule has 1 rings (SSSR count). The van der Waals surface area contributed by atoms with E-state index in [1.54, 1.807) is 31.4 Å². The molecular weight excluding hydrogens is 252 g/mol. The van der Waals surface area contributed by atoms with E-state index in [9.17, 15) is 4.79 Å². The Morgan fingerprint density at radius 2 is 2.06 bits per heavy atom. The first kappa shape index (κ1) is 14.4. The van der Waals surface area contributed by atoms with Gasteiger partial charge in [0.25, 0.3) is 0 Å². The summed E-state index contributed by atoms with van der Waals surface area (Å²) in [5.41, 5.74) is 6.03. The van der Waals surface area contributed by atoms with Crippen molar-refractivity contribution >= 4 is 28.8 Å². The van der Waals surface area contributed by atoms with Crippen LogP contribution in [0.15, 0.2) is 24.3 Å². The van der Waals surface area contributed by atoms with Gasteiger partial charge in [-0.3, -0.25) is 4.79 Å². The average molecular weight is 268 g/mol. The van der Waals surface area contributed by atoms with Crippen LogP contribution in [0.5, 0.6) is 5.75 Å². The van der Waals surface area contributed by atoms with E-state index in [0.29, 0.717) is 29.5 Å². The van der Waals surface area contributed by atoms with Gasteiger partial charge in [0.05, 0.1) is 13.0 Å². The smallest absolute Gasteiger partial charge is 0.226 e. The van der Waals surface area contributed by atoms with Crippen LogP contribution in [0.25, 0.3) is 0 Å². The number of nitrogens with two attached hydrogens (primary N) is 1. The summed E-state index contributed by atoms with van der Waals surface area (Å²) in [5, 5.41) is 2.74. The molecule has 0 radical (unpaired) electrons. The van der Waals surface area contributed by atoms with Crippen molar-refractivity contribution in [2.24, 2.45) is 5.73 Å². The van der Waals surface area contributed by atoms with Gasteiger partial charge in [-0.2, -0.15) is 0 Å². The van der Waals surface area contributed by atoms with Crippen LogP contribution in [-0.2, 0) is 9.53 Å². The molecule has 98 valence electrons. The van der Waals surface area contributed by atoms with E-state index in [4.69, 9.17) is 27.4 Å². The van der Waals surface area contributed by atoms with Crippen LogP contribution in [0.2, 0.25) is 0 Å². The minimum Gasteiger partial charge on any atom is -0.487 e. The highest BCUT2D eigenvalue weighted by atomic mass is 32.1. The zero-order valence-electron chi connectivity index (χ0n) is 10.1. The second-order valence-corrected chi connectivity index (χ2v) is 4.09. The summed E-state index contributed by atoms with van der Waals surface area (Å²) in [6, 6.07) is 6.98. The van der Waals surface area contributed by atoms with Crippen LogP contribution in [0.3, 0.4) is 0 Å². The number of methoxy groups -OCH3 is 1. The molecular formula is C12H16N2O3S. The summed E-state index contributed by atoms with van der Waals surface area (Å²) in [6.07, 6.45) is 0.330. The molecule has 6 heteroatoms. The average Bonchev–Trinajstić information content (AvgIpc) is 2.35. The molecule has 0 atom stereocenters. The van der Waals surface area contributed by atoms with Crippen molar-refractivity contribution in [1.82, 2.24) is 0 Å². The Morgan fingerprint density at radius 3 is 2.61 bits per heavy atom. The molecule has 0 aliphatic heterocycles. The predicted molar refractivity (Wildman–Crippen MR) is 73.8 cm³/mol. The van der Waals surface area contributed by atoms with Gasteiger partial charge in [0, 0.05) is 12.8 Å². The number of thiocarbonyl (C=S) groups is 1. The maximum Gasteiger partial charge on any atom is 0.226 e. The van der Waals surface area contributed by atoms with E-state index in [2.05, 4.69) is 5.32 Å². The summed E-state index contributed by atoms with van der Waals surface area (Å²) in [5.74, 6) is 0.561. The number of anilines is 1. The number of amides is 1. The van der Waals surface area contributed by atoms with Gasteiger partial charge in [-0.05, 0) is 24.3 Å². The van der Waals surface area contributed by atoms with Crippen molar-refractivity contribution in [3.63, 3.8) is 0 Å². The summed E-state index contributed by atoms with van der Waals surface area (Å²) < 4.78 is 10.1. The maximum absolute atomic E-state index is 11.4. The van der Waals surface area contributed by atoms with Crippen molar-refractivity contribution in [2.45, 2.75) is 6.42 Å². The molecule has 0 aromatic heterocycles. The number of hydrogen-bond acceptors (Lipinski definition) is 4. The molecule has 0 fully saturated rings. The Morgan fingerprint density at radius 1 is 1.39 bits per heavy atom. The Balaban J connectivity index is 2.44. The van der Waals surface area contributed by atoms with Gasteiger partial charge in [0.1, 0.15) is 17.3 Å². The first-order chi connectivity index (χ1) is 8.61. The number of carbonyl (C=O) groups excluding carboxylic acids is 1. The Kier molecular flexibility index (Phi) is 6.10. The fourth-order valence-electron chi connectivity index (χ4n) is 1.21. The maximum atomic E-state index is 11.4. The molecule has 0 saturated carbocycles. The topological polar surface area (TPSA) is 73.6 Å². The minimum absolute atomic E-state index is 0.0892. The number of hydrogen-bond donors (Lipinski definition) is 2. The summed E-state index contributed by atoms with van der Waals surface area (Å²) in [4.78, 5) is 11.7. The van der Waals surface area contributed by atoms with Crippen LogP contribution in [0, 0.1) is 0 Å². The van der Waals surface area contributed by atoms with Gasteiger partial charge in [-0.15, -0.1) is 0 Å². The molecule has 3 N–H and O–H groups in total. The van der Waals surface area contributed by atoms with E-state index in [1.807, 2.05) is 0 Å². The molecule has 0 bridgehead atoms. The zero-order valence-corrected chi connectivity index (χ0v) is 11.0. The van der Waals surface area contributed by atoms with Crippen LogP contribution < -0.4 is 15.8 Å². The van der Waals surface area contributed by atoms with Crippen LogP contribution >= 0.6 is 12.2 Å². The van der Waals surface area contributed by atoms with E-state index < -0.39 is 0 Å². The molecule has 1 aromatic carbocycles. The van der Waals surface area contributed by atoms with Crippen molar-refractivity contribution in [3.05, 3.63) is 24.3 Å². The van der Waals surface area contributed by atoms with Crippen molar-refractivity contribution in [2.75, 3.05) is 25.6 Å². The number of rotatable bonds is 7. The van der Waals surface area contributed by atoms with Gasteiger partial charge in [-0.25, -0.2) is 0 Å². The van der Waals surface area contributed by atoms with E-state index in [-0.39, 0.29) is 12.5 Å². The van der Waals surface area contributed by atoms with Gasteiger partial charge in [0.2, 0.25) is 5.91 Å². The molecule has 0 aliphatic rings. The first-order valence-electron chi connectivity index (χ1n) is 5.42. The number of ether oxygens (including phenoxy) is 2. The highest BCUT2D eigenvalue weighted by Crippen LogP contribution is 2.15. The molecule has 0 heterocycles. The standard InChI is InChI=1S/C12H16N2O3S/c1-16-7-6-12(15)14-9-2-4-10(5-3-9)17-8-11(13)18/h2-5H,6-8H2,1H3,(H2,13,18)(H,14,15). The highest BCUT2D eigenvalue weighted by Gasteiger charge is 2.02. The van der Waals surface area contributed by atoms with E-state index in [1.165, 1.54) is 0 Å². The van der Waals surface area contributed by atoms with E-state index in [0.717, 1.165) is 0 Å². The van der Waals surface area contributed by atoms with Gasteiger partial charge < -0.3 is 20.5 Å². The number of nitrogens with one attached hydrogen (secondary N) is 1. The lowest BCUT2D eigenvalue weighted by Gasteiger charge is -2.07. The molecule has 1 amide bonds. The van der Waals surface area contributed by atoms with Crippen LogP contribution in [-0.4, -0.2) is 31.2 Å². The quantitative estimate of drug-likeness (QED) is 0.730. The third kappa shape index (κ3) is 5.60.